The minimum absolute atomic E-state index is 0.191. The van der Waals surface area contributed by atoms with E-state index < -0.39 is 54.5 Å². The highest BCUT2D eigenvalue weighted by atomic mass is 16.4. The van der Waals surface area contributed by atoms with Gasteiger partial charge in [0.15, 0.2) is 0 Å². The standard InChI is InChI=1S/C24H36N4O7/c25-13-5-4-9-17(22(31)28-14-6-10-20(28)24(34)35)27-21(30)19(15-29)26-18(23(32)33)12-11-16-7-2-1-3-8-16/h1-3,7-8,17-20,26,29H,4-6,9-15,25H2,(H,27,30)(H,32,33)(H,34,35)/t17-,18?,19-,20-/m0/s1. The van der Waals surface area contributed by atoms with Gasteiger partial charge in [-0.15, -0.1) is 0 Å². The molecule has 0 saturated carbocycles. The van der Waals surface area contributed by atoms with E-state index >= 15 is 0 Å². The van der Waals surface area contributed by atoms with Crippen molar-refractivity contribution in [2.45, 2.75) is 69.1 Å². The molecule has 1 fully saturated rings. The van der Waals surface area contributed by atoms with Crippen molar-refractivity contribution < 1.29 is 34.5 Å². The molecule has 2 rings (SSSR count). The van der Waals surface area contributed by atoms with Crippen LogP contribution in [0.1, 0.15) is 44.1 Å². The quantitative estimate of drug-likeness (QED) is 0.179. The van der Waals surface area contributed by atoms with E-state index in [0.717, 1.165) is 5.56 Å². The van der Waals surface area contributed by atoms with Crippen LogP contribution in [0.25, 0.3) is 0 Å². The zero-order valence-electron chi connectivity index (χ0n) is 19.8. The first-order valence-electron chi connectivity index (χ1n) is 12.0. The topological polar surface area (TPSA) is 182 Å². The number of likely N-dealkylation sites (tertiary alicyclic amines) is 1. The van der Waals surface area contributed by atoms with Gasteiger partial charge in [-0.1, -0.05) is 30.3 Å². The average molecular weight is 493 g/mol. The lowest BCUT2D eigenvalue weighted by atomic mass is 10.0. The predicted octanol–water partition coefficient (Wildman–Crippen LogP) is -0.288. The molecule has 0 spiro atoms. The number of aliphatic carboxylic acids is 2. The Bertz CT molecular complexity index is 852. The van der Waals surface area contributed by atoms with Crippen LogP contribution in [0.4, 0.5) is 0 Å². The van der Waals surface area contributed by atoms with Crippen molar-refractivity contribution in [2.24, 2.45) is 5.73 Å². The number of carbonyl (C=O) groups excluding carboxylic acids is 2. The largest absolute Gasteiger partial charge is 0.480 e. The van der Waals surface area contributed by atoms with Crippen molar-refractivity contribution in [1.29, 1.82) is 0 Å². The average Bonchev–Trinajstić information content (AvgIpc) is 3.34. The molecule has 0 aromatic heterocycles. The van der Waals surface area contributed by atoms with Crippen molar-refractivity contribution in [1.82, 2.24) is 15.5 Å². The molecule has 11 nitrogen and oxygen atoms in total. The summed E-state index contributed by atoms with van der Waals surface area (Å²) in [6.45, 7) is 0.00624. The van der Waals surface area contributed by atoms with Crippen molar-refractivity contribution in [2.75, 3.05) is 19.7 Å². The molecule has 7 N–H and O–H groups in total. The fourth-order valence-corrected chi connectivity index (χ4v) is 4.20. The molecule has 0 aliphatic carbocycles. The molecule has 0 bridgehead atoms. The smallest absolute Gasteiger partial charge is 0.326 e. The number of nitrogens with two attached hydrogens (primary N) is 1. The SMILES string of the molecule is NCCCC[C@H](NC(=O)[C@H](CO)NC(CCc1ccccc1)C(=O)O)C(=O)N1CCC[C@H]1C(=O)O. The van der Waals surface area contributed by atoms with Gasteiger partial charge in [0, 0.05) is 6.54 Å². The first-order chi connectivity index (χ1) is 16.8. The highest BCUT2D eigenvalue weighted by Gasteiger charge is 2.38. The van der Waals surface area contributed by atoms with Crippen molar-refractivity contribution >= 4 is 23.8 Å². The van der Waals surface area contributed by atoms with E-state index in [1.165, 1.54) is 4.90 Å². The number of unbranched alkanes of at least 4 members (excludes halogenated alkanes) is 1. The van der Waals surface area contributed by atoms with Crippen LogP contribution in [0, 0.1) is 0 Å². The molecule has 0 radical (unpaired) electrons. The van der Waals surface area contributed by atoms with Gasteiger partial charge >= 0.3 is 11.9 Å². The summed E-state index contributed by atoms with van der Waals surface area (Å²) in [5, 5.41) is 34.1. The molecule has 11 heteroatoms. The van der Waals surface area contributed by atoms with E-state index in [0.29, 0.717) is 38.6 Å². The Morgan fingerprint density at radius 3 is 2.34 bits per heavy atom. The van der Waals surface area contributed by atoms with Crippen molar-refractivity contribution in [3.05, 3.63) is 35.9 Å². The third-order valence-electron chi connectivity index (χ3n) is 6.15. The summed E-state index contributed by atoms with van der Waals surface area (Å²) in [6.07, 6.45) is 2.93. The normalized spacial score (nSPS) is 18.0. The fraction of sp³-hybridized carbons (Fsp3) is 0.583. The number of aliphatic hydroxyl groups excluding tert-OH is 1. The number of rotatable bonds is 15. The Balaban J connectivity index is 2.07. The summed E-state index contributed by atoms with van der Waals surface area (Å²) >= 11 is 0. The summed E-state index contributed by atoms with van der Waals surface area (Å²) in [5.74, 6) is -3.49. The van der Waals surface area contributed by atoms with E-state index in [4.69, 9.17) is 5.73 Å². The van der Waals surface area contributed by atoms with E-state index in [1.807, 2.05) is 30.3 Å². The number of aryl methyl sites for hydroxylation is 1. The molecule has 2 amide bonds. The van der Waals surface area contributed by atoms with Crippen LogP contribution < -0.4 is 16.4 Å². The third-order valence-corrected chi connectivity index (χ3v) is 6.15. The van der Waals surface area contributed by atoms with Crippen LogP contribution in [0.5, 0.6) is 0 Å². The monoisotopic (exact) mass is 492 g/mol. The zero-order chi connectivity index (χ0) is 25.8. The molecule has 1 aromatic carbocycles. The summed E-state index contributed by atoms with van der Waals surface area (Å²) in [7, 11) is 0. The molecule has 194 valence electrons. The van der Waals surface area contributed by atoms with Gasteiger partial charge in [0.05, 0.1) is 6.61 Å². The van der Waals surface area contributed by atoms with Crippen molar-refractivity contribution in [3.8, 4) is 0 Å². The molecule has 1 unspecified atom stereocenters. The zero-order valence-corrected chi connectivity index (χ0v) is 19.8. The second-order valence-corrected chi connectivity index (χ2v) is 8.69. The van der Waals surface area contributed by atoms with E-state index in [-0.39, 0.29) is 19.4 Å². The summed E-state index contributed by atoms with van der Waals surface area (Å²) in [5.41, 5.74) is 6.48. The van der Waals surface area contributed by atoms with Crippen LogP contribution in [-0.2, 0) is 25.6 Å². The molecule has 1 heterocycles. The van der Waals surface area contributed by atoms with Crippen LogP contribution in [-0.4, -0.2) is 87.8 Å². The maximum Gasteiger partial charge on any atom is 0.326 e. The van der Waals surface area contributed by atoms with E-state index in [2.05, 4.69) is 10.6 Å². The molecule has 1 aliphatic rings. The maximum atomic E-state index is 13.1. The second-order valence-electron chi connectivity index (χ2n) is 8.69. The van der Waals surface area contributed by atoms with Crippen LogP contribution in [0.3, 0.4) is 0 Å². The summed E-state index contributed by atoms with van der Waals surface area (Å²) in [6, 6.07) is 4.98. The van der Waals surface area contributed by atoms with Gasteiger partial charge in [-0.2, -0.15) is 0 Å². The highest BCUT2D eigenvalue weighted by Crippen LogP contribution is 2.20. The lowest BCUT2D eigenvalue weighted by Crippen LogP contribution is -2.58. The Labute approximate surface area is 204 Å². The van der Waals surface area contributed by atoms with Gasteiger partial charge in [0.25, 0.3) is 0 Å². The molecule has 1 aromatic rings. The first-order valence-corrected chi connectivity index (χ1v) is 12.0. The van der Waals surface area contributed by atoms with Gasteiger partial charge in [-0.3, -0.25) is 19.7 Å². The Kier molecular flexibility index (Phi) is 11.6. The van der Waals surface area contributed by atoms with Gasteiger partial charge in [-0.05, 0) is 57.1 Å². The number of carbonyl (C=O) groups is 4. The minimum Gasteiger partial charge on any atom is -0.480 e. The number of nitrogens with one attached hydrogen (secondary N) is 2. The van der Waals surface area contributed by atoms with Gasteiger partial charge in [-0.25, -0.2) is 4.79 Å². The number of carboxylic acids is 2. The maximum absolute atomic E-state index is 13.1. The number of carboxylic acid groups (broad SMARTS) is 2. The number of benzene rings is 1. The van der Waals surface area contributed by atoms with Gasteiger partial charge in [0.2, 0.25) is 11.8 Å². The first kappa shape index (κ1) is 28.2. The minimum atomic E-state index is -1.26. The predicted molar refractivity (Wildman–Crippen MR) is 127 cm³/mol. The fourth-order valence-electron chi connectivity index (χ4n) is 4.20. The Morgan fingerprint density at radius 1 is 1.03 bits per heavy atom. The summed E-state index contributed by atoms with van der Waals surface area (Å²) in [4.78, 5) is 50.6. The molecular weight excluding hydrogens is 456 g/mol. The lowest BCUT2D eigenvalue weighted by Gasteiger charge is -2.29. The molecular formula is C24H36N4O7. The van der Waals surface area contributed by atoms with E-state index in [9.17, 15) is 34.5 Å². The number of hydrogen-bond acceptors (Lipinski definition) is 7. The highest BCUT2D eigenvalue weighted by molar-refractivity contribution is 5.92. The van der Waals surface area contributed by atoms with Gasteiger partial charge < -0.3 is 31.3 Å². The number of nitrogens with zero attached hydrogens (tertiary/aromatic N) is 1. The van der Waals surface area contributed by atoms with Crippen LogP contribution >= 0.6 is 0 Å². The lowest BCUT2D eigenvalue weighted by molar-refractivity contribution is -0.149. The number of amides is 2. The Hall–Kier alpha value is -3.02. The van der Waals surface area contributed by atoms with Crippen LogP contribution in [0.15, 0.2) is 30.3 Å². The molecule has 1 saturated heterocycles. The summed E-state index contributed by atoms with van der Waals surface area (Å²) < 4.78 is 0. The van der Waals surface area contributed by atoms with E-state index in [1.54, 1.807) is 0 Å². The number of hydrogen-bond donors (Lipinski definition) is 6. The van der Waals surface area contributed by atoms with Gasteiger partial charge in [0.1, 0.15) is 24.2 Å². The van der Waals surface area contributed by atoms with Crippen molar-refractivity contribution in [3.63, 3.8) is 0 Å². The molecule has 1 aliphatic heterocycles. The molecule has 4 atom stereocenters. The number of aliphatic hydroxyl groups is 1. The second kappa shape index (κ2) is 14.4. The molecule has 35 heavy (non-hydrogen) atoms. The van der Waals surface area contributed by atoms with Crippen LogP contribution in [0.2, 0.25) is 0 Å². The third kappa shape index (κ3) is 8.61. The Morgan fingerprint density at radius 2 is 1.74 bits per heavy atom.